The lowest BCUT2D eigenvalue weighted by Crippen LogP contribution is -2.30. The normalized spacial score (nSPS) is 12.8. The first-order valence-corrected chi connectivity index (χ1v) is 25.1. The molecule has 61 heavy (non-hydrogen) atoms. The van der Waals surface area contributed by atoms with E-state index >= 15 is 0 Å². The molecule has 0 aliphatic rings. The lowest BCUT2D eigenvalue weighted by Gasteiger charge is -2.18. The van der Waals surface area contributed by atoms with Crippen LogP contribution in [0.3, 0.4) is 0 Å². The van der Waals surface area contributed by atoms with E-state index in [1.165, 1.54) is 64.2 Å². The van der Waals surface area contributed by atoms with Crippen LogP contribution in [0, 0.1) is 0 Å². The summed E-state index contributed by atoms with van der Waals surface area (Å²) in [6.45, 7) is 6.35. The molecule has 0 spiro atoms. The van der Waals surface area contributed by atoms with E-state index in [0.29, 0.717) is 19.3 Å². The van der Waals surface area contributed by atoms with Crippen molar-refractivity contribution in [2.75, 3.05) is 13.2 Å². The van der Waals surface area contributed by atoms with Crippen molar-refractivity contribution in [1.82, 2.24) is 0 Å². The zero-order chi connectivity index (χ0) is 44.4. The van der Waals surface area contributed by atoms with Crippen LogP contribution >= 0.6 is 0 Å². The first-order valence-electron chi connectivity index (χ1n) is 25.1. The average molecular weight is 849 g/mol. The van der Waals surface area contributed by atoms with Crippen LogP contribution in [0.25, 0.3) is 0 Å². The van der Waals surface area contributed by atoms with Gasteiger partial charge in [-0.25, -0.2) is 0 Å². The maximum atomic E-state index is 12.8. The SMILES string of the molecule is CC/C=C\C/C=C\C/C=C\C/C=C\CCCCC(=O)OCC(COC(=O)CCCCCCCCCCCCCCC)OC(=O)CCCCCCC/C=C\C/C=C\C/C=C\CC. The maximum absolute atomic E-state index is 12.8. The lowest BCUT2D eigenvalue weighted by atomic mass is 10.0. The van der Waals surface area contributed by atoms with E-state index in [2.05, 4.69) is 106 Å². The second-order valence-electron chi connectivity index (χ2n) is 16.3. The quantitative estimate of drug-likeness (QED) is 0.0263. The highest BCUT2D eigenvalue weighted by atomic mass is 16.6. The molecule has 0 amide bonds. The van der Waals surface area contributed by atoms with E-state index in [-0.39, 0.29) is 31.1 Å². The molecule has 0 radical (unpaired) electrons. The Labute approximate surface area is 375 Å². The van der Waals surface area contributed by atoms with E-state index in [1.54, 1.807) is 0 Å². The fraction of sp³-hybridized carbons (Fsp3) is 0.691. The minimum Gasteiger partial charge on any atom is -0.462 e. The Morgan fingerprint density at radius 1 is 0.344 bits per heavy atom. The van der Waals surface area contributed by atoms with Crippen LogP contribution in [0.1, 0.15) is 226 Å². The number of carbonyl (C=O) groups is 3. The largest absolute Gasteiger partial charge is 0.462 e. The number of ether oxygens (including phenoxy) is 3. The molecule has 348 valence electrons. The van der Waals surface area contributed by atoms with Gasteiger partial charge in [0.25, 0.3) is 0 Å². The summed E-state index contributed by atoms with van der Waals surface area (Å²) in [5.41, 5.74) is 0. The van der Waals surface area contributed by atoms with E-state index in [9.17, 15) is 14.4 Å². The fourth-order valence-corrected chi connectivity index (χ4v) is 6.68. The minimum atomic E-state index is -0.800. The van der Waals surface area contributed by atoms with Crippen LogP contribution in [0.4, 0.5) is 0 Å². The molecular formula is C55H92O6. The standard InChI is InChI=1S/C55H92O6/c1-4-7-10-13-16-19-22-25-27-30-33-36-39-42-45-48-54(57)60-51-52(50-59-53(56)47-44-41-38-35-32-29-24-21-18-15-12-9-6-3)61-55(58)49-46-43-40-37-34-31-28-26-23-20-17-14-11-8-5-2/h7-8,10-11,16-17,19-20,25-28,33,36,52H,4-6,9,12-15,18,21-24,29-32,34-35,37-51H2,1-3H3/b10-7-,11-8-,19-16-,20-17-,27-25-,28-26-,36-33-. The molecule has 0 bridgehead atoms. The molecule has 1 unspecified atom stereocenters. The van der Waals surface area contributed by atoms with Gasteiger partial charge in [0.1, 0.15) is 13.2 Å². The zero-order valence-electron chi connectivity index (χ0n) is 39.7. The highest BCUT2D eigenvalue weighted by molar-refractivity contribution is 5.71. The number of unbranched alkanes of at least 4 members (excludes halogenated alkanes) is 19. The molecule has 6 heteroatoms. The Balaban J connectivity index is 4.48. The van der Waals surface area contributed by atoms with Crippen LogP contribution in [0.15, 0.2) is 85.1 Å². The van der Waals surface area contributed by atoms with Gasteiger partial charge in [-0.3, -0.25) is 14.4 Å². The van der Waals surface area contributed by atoms with Crippen molar-refractivity contribution in [1.29, 1.82) is 0 Å². The molecule has 0 aromatic rings. The molecule has 0 saturated carbocycles. The third-order valence-corrected chi connectivity index (χ3v) is 10.4. The summed E-state index contributed by atoms with van der Waals surface area (Å²) in [7, 11) is 0. The van der Waals surface area contributed by atoms with E-state index in [1.807, 2.05) is 0 Å². The highest BCUT2D eigenvalue weighted by Crippen LogP contribution is 2.14. The van der Waals surface area contributed by atoms with Crippen molar-refractivity contribution < 1.29 is 28.6 Å². The first-order chi connectivity index (χ1) is 30.0. The van der Waals surface area contributed by atoms with Crippen molar-refractivity contribution in [2.24, 2.45) is 0 Å². The van der Waals surface area contributed by atoms with Crippen LogP contribution in [-0.4, -0.2) is 37.2 Å². The molecule has 0 saturated heterocycles. The van der Waals surface area contributed by atoms with E-state index in [4.69, 9.17) is 14.2 Å². The van der Waals surface area contributed by atoms with Crippen molar-refractivity contribution in [3.63, 3.8) is 0 Å². The number of esters is 3. The maximum Gasteiger partial charge on any atom is 0.306 e. The van der Waals surface area contributed by atoms with Crippen molar-refractivity contribution in [2.45, 2.75) is 232 Å². The summed E-state index contributed by atoms with van der Waals surface area (Å²) in [6, 6.07) is 0. The molecule has 0 fully saturated rings. The molecule has 0 N–H and O–H groups in total. The van der Waals surface area contributed by atoms with Gasteiger partial charge in [0, 0.05) is 19.3 Å². The Morgan fingerprint density at radius 2 is 0.639 bits per heavy atom. The smallest absolute Gasteiger partial charge is 0.306 e. The molecule has 0 aromatic carbocycles. The Morgan fingerprint density at radius 3 is 1.03 bits per heavy atom. The number of allylic oxidation sites excluding steroid dienone is 14. The van der Waals surface area contributed by atoms with Crippen LogP contribution in [0.2, 0.25) is 0 Å². The molecular weight excluding hydrogens is 757 g/mol. The van der Waals surface area contributed by atoms with Gasteiger partial charge in [-0.15, -0.1) is 0 Å². The molecule has 0 aliphatic heterocycles. The van der Waals surface area contributed by atoms with Gasteiger partial charge in [0.05, 0.1) is 0 Å². The van der Waals surface area contributed by atoms with Crippen LogP contribution < -0.4 is 0 Å². The summed E-state index contributed by atoms with van der Waals surface area (Å²) < 4.78 is 16.7. The topological polar surface area (TPSA) is 78.9 Å². The summed E-state index contributed by atoms with van der Waals surface area (Å²) in [6.07, 6.45) is 62.8. The lowest BCUT2D eigenvalue weighted by molar-refractivity contribution is -0.167. The highest BCUT2D eigenvalue weighted by Gasteiger charge is 2.19. The van der Waals surface area contributed by atoms with Crippen LogP contribution in [-0.2, 0) is 28.6 Å². The average Bonchev–Trinajstić information content (AvgIpc) is 3.26. The van der Waals surface area contributed by atoms with Crippen molar-refractivity contribution in [3.8, 4) is 0 Å². The first kappa shape index (κ1) is 57.6. The third-order valence-electron chi connectivity index (χ3n) is 10.4. The molecule has 1 atom stereocenters. The summed E-state index contributed by atoms with van der Waals surface area (Å²) in [5, 5.41) is 0. The van der Waals surface area contributed by atoms with E-state index in [0.717, 1.165) is 122 Å². The fourth-order valence-electron chi connectivity index (χ4n) is 6.68. The third kappa shape index (κ3) is 47.5. The van der Waals surface area contributed by atoms with Crippen LogP contribution in [0.5, 0.6) is 0 Å². The van der Waals surface area contributed by atoms with Gasteiger partial charge in [-0.2, -0.15) is 0 Å². The minimum absolute atomic E-state index is 0.0959. The molecule has 0 aromatic heterocycles. The number of hydrogen-bond acceptors (Lipinski definition) is 6. The molecule has 0 heterocycles. The van der Waals surface area contributed by atoms with Gasteiger partial charge >= 0.3 is 17.9 Å². The van der Waals surface area contributed by atoms with Gasteiger partial charge in [-0.1, -0.05) is 202 Å². The van der Waals surface area contributed by atoms with E-state index < -0.39 is 6.10 Å². The number of rotatable bonds is 44. The Hall–Kier alpha value is -3.41. The number of hydrogen-bond donors (Lipinski definition) is 0. The van der Waals surface area contributed by atoms with Gasteiger partial charge < -0.3 is 14.2 Å². The zero-order valence-corrected chi connectivity index (χ0v) is 39.7. The predicted molar refractivity (Wildman–Crippen MR) is 261 cm³/mol. The second kappa shape index (κ2) is 49.2. The Kier molecular flexibility index (Phi) is 46.5. The van der Waals surface area contributed by atoms with Gasteiger partial charge in [0.15, 0.2) is 6.10 Å². The predicted octanol–water partition coefficient (Wildman–Crippen LogP) is 16.4. The summed E-state index contributed by atoms with van der Waals surface area (Å²) >= 11 is 0. The Bertz CT molecular complexity index is 1200. The summed E-state index contributed by atoms with van der Waals surface area (Å²) in [4.78, 5) is 37.9. The van der Waals surface area contributed by atoms with Crippen molar-refractivity contribution in [3.05, 3.63) is 85.1 Å². The number of carbonyl (C=O) groups excluding carboxylic acids is 3. The van der Waals surface area contributed by atoms with Crippen molar-refractivity contribution >= 4 is 17.9 Å². The monoisotopic (exact) mass is 849 g/mol. The second-order valence-corrected chi connectivity index (χ2v) is 16.3. The summed E-state index contributed by atoms with van der Waals surface area (Å²) in [5.74, 6) is -0.958. The van der Waals surface area contributed by atoms with Gasteiger partial charge in [-0.05, 0) is 89.9 Å². The molecule has 0 aliphatic carbocycles. The molecule has 6 nitrogen and oxygen atoms in total. The van der Waals surface area contributed by atoms with Gasteiger partial charge in [0.2, 0.25) is 0 Å². The molecule has 0 rings (SSSR count).